The van der Waals surface area contributed by atoms with Gasteiger partial charge in [0.15, 0.2) is 0 Å². The van der Waals surface area contributed by atoms with E-state index in [1.807, 2.05) is 6.07 Å². The lowest BCUT2D eigenvalue weighted by molar-refractivity contribution is -0.0360. The van der Waals surface area contributed by atoms with E-state index in [1.165, 1.54) is 11.3 Å². The van der Waals surface area contributed by atoms with Crippen LogP contribution in [0, 0.1) is 0 Å². The van der Waals surface area contributed by atoms with Crippen LogP contribution < -0.4 is 5.32 Å². The fourth-order valence-corrected chi connectivity index (χ4v) is 3.19. The molecule has 0 spiro atoms. The molecule has 2 heterocycles. The molecule has 0 aliphatic carbocycles. The summed E-state index contributed by atoms with van der Waals surface area (Å²) >= 11 is 0. The van der Waals surface area contributed by atoms with Crippen molar-refractivity contribution in [2.75, 3.05) is 25.5 Å². The molecule has 2 N–H and O–H groups in total. The molecule has 0 bridgehead atoms. The van der Waals surface area contributed by atoms with Crippen molar-refractivity contribution in [3.63, 3.8) is 0 Å². The molecule has 1 saturated heterocycles. The highest BCUT2D eigenvalue weighted by Crippen LogP contribution is 2.34. The Labute approximate surface area is 102 Å². The molecule has 3 heteroatoms. The molecule has 0 aromatic heterocycles. The normalized spacial score (nSPS) is 33.2. The molecular weight excluding hydrogens is 212 g/mol. The number of β-amino-alcohol motifs (C(OH)–C–C–N with tert-alkyl or cyclic N) is 1. The minimum Gasteiger partial charge on any atom is -0.386 e. The standard InChI is InChI=1S/C14H20N2O/c1-16-8-4-7-14(17,10-16)13-9-11-5-2-3-6-12(11)15-13/h2-3,5-6,13,15,17H,4,7-10H2,1H3. The molecule has 3 nitrogen and oxygen atoms in total. The highest BCUT2D eigenvalue weighted by atomic mass is 16.3. The van der Waals surface area contributed by atoms with E-state index in [0.717, 1.165) is 32.4 Å². The Morgan fingerprint density at radius 3 is 3.00 bits per heavy atom. The number of fused-ring (bicyclic) bond motifs is 1. The largest absolute Gasteiger partial charge is 0.386 e. The maximum absolute atomic E-state index is 10.8. The predicted octanol–water partition coefficient (Wildman–Crippen LogP) is 1.48. The third-order valence-electron chi connectivity index (χ3n) is 4.11. The quantitative estimate of drug-likeness (QED) is 0.770. The van der Waals surface area contributed by atoms with Gasteiger partial charge < -0.3 is 15.3 Å². The van der Waals surface area contributed by atoms with Crippen molar-refractivity contribution in [2.24, 2.45) is 0 Å². The third kappa shape index (κ3) is 1.94. The summed E-state index contributed by atoms with van der Waals surface area (Å²) in [6.45, 7) is 1.88. The molecular formula is C14H20N2O. The minimum atomic E-state index is -0.577. The van der Waals surface area contributed by atoms with Gasteiger partial charge in [0.05, 0.1) is 11.6 Å². The van der Waals surface area contributed by atoms with Crippen molar-refractivity contribution in [3.05, 3.63) is 29.8 Å². The Balaban J connectivity index is 1.79. The molecule has 2 aliphatic heterocycles. The number of rotatable bonds is 1. The predicted molar refractivity (Wildman–Crippen MR) is 69.2 cm³/mol. The lowest BCUT2D eigenvalue weighted by atomic mass is 9.84. The van der Waals surface area contributed by atoms with Gasteiger partial charge >= 0.3 is 0 Å². The van der Waals surface area contributed by atoms with Crippen molar-refractivity contribution in [1.29, 1.82) is 0 Å². The fraction of sp³-hybridized carbons (Fsp3) is 0.571. The van der Waals surface area contributed by atoms with Crippen LogP contribution in [0.1, 0.15) is 18.4 Å². The van der Waals surface area contributed by atoms with E-state index in [2.05, 4.69) is 35.5 Å². The monoisotopic (exact) mass is 232 g/mol. The summed E-state index contributed by atoms with van der Waals surface area (Å²) in [5.41, 5.74) is 1.95. The van der Waals surface area contributed by atoms with E-state index in [0.29, 0.717) is 0 Å². The fourth-order valence-electron chi connectivity index (χ4n) is 3.19. The average Bonchev–Trinajstić information content (AvgIpc) is 2.73. The van der Waals surface area contributed by atoms with Crippen LogP contribution in [0.3, 0.4) is 0 Å². The highest BCUT2D eigenvalue weighted by Gasteiger charge is 2.42. The van der Waals surface area contributed by atoms with Crippen LogP contribution in [0.4, 0.5) is 5.69 Å². The molecule has 92 valence electrons. The van der Waals surface area contributed by atoms with Gasteiger partial charge in [0.2, 0.25) is 0 Å². The van der Waals surface area contributed by atoms with Crippen molar-refractivity contribution >= 4 is 5.69 Å². The number of benzene rings is 1. The van der Waals surface area contributed by atoms with E-state index in [4.69, 9.17) is 0 Å². The van der Waals surface area contributed by atoms with Crippen molar-refractivity contribution < 1.29 is 5.11 Å². The minimum absolute atomic E-state index is 0.169. The van der Waals surface area contributed by atoms with Crippen molar-refractivity contribution in [2.45, 2.75) is 30.9 Å². The van der Waals surface area contributed by atoms with Gasteiger partial charge in [-0.15, -0.1) is 0 Å². The molecule has 1 aromatic carbocycles. The SMILES string of the molecule is CN1CCCC(O)(C2Cc3ccccc3N2)C1. The van der Waals surface area contributed by atoms with Crippen LogP contribution in [-0.4, -0.2) is 41.8 Å². The zero-order valence-corrected chi connectivity index (χ0v) is 10.3. The van der Waals surface area contributed by atoms with Gasteiger partial charge in [-0.2, -0.15) is 0 Å². The Morgan fingerprint density at radius 1 is 1.41 bits per heavy atom. The highest BCUT2D eigenvalue weighted by molar-refractivity contribution is 5.57. The number of hydrogen-bond acceptors (Lipinski definition) is 3. The second-order valence-electron chi connectivity index (χ2n) is 5.50. The smallest absolute Gasteiger partial charge is 0.0977 e. The molecule has 0 radical (unpaired) electrons. The summed E-state index contributed by atoms with van der Waals surface area (Å²) < 4.78 is 0. The number of likely N-dealkylation sites (tertiary alicyclic amines) is 1. The lowest BCUT2D eigenvalue weighted by Gasteiger charge is -2.41. The van der Waals surface area contributed by atoms with E-state index >= 15 is 0 Å². The maximum atomic E-state index is 10.8. The number of anilines is 1. The number of likely N-dealkylation sites (N-methyl/N-ethyl adjacent to an activating group) is 1. The van der Waals surface area contributed by atoms with Crippen LogP contribution in [0.5, 0.6) is 0 Å². The van der Waals surface area contributed by atoms with Crippen LogP contribution in [-0.2, 0) is 6.42 Å². The van der Waals surface area contributed by atoms with E-state index in [1.54, 1.807) is 0 Å². The Hall–Kier alpha value is -1.06. The molecule has 17 heavy (non-hydrogen) atoms. The summed E-state index contributed by atoms with van der Waals surface area (Å²) in [6, 6.07) is 8.54. The molecule has 3 rings (SSSR count). The number of nitrogens with zero attached hydrogens (tertiary/aromatic N) is 1. The van der Waals surface area contributed by atoms with Gasteiger partial charge in [0.1, 0.15) is 0 Å². The summed E-state index contributed by atoms with van der Waals surface area (Å²) in [7, 11) is 2.09. The number of hydrogen-bond donors (Lipinski definition) is 2. The Kier molecular flexibility index (Phi) is 2.60. The van der Waals surface area contributed by atoms with E-state index in [-0.39, 0.29) is 6.04 Å². The summed E-state index contributed by atoms with van der Waals surface area (Å²) in [6.07, 6.45) is 2.94. The molecule has 1 fully saturated rings. The third-order valence-corrected chi connectivity index (χ3v) is 4.11. The maximum Gasteiger partial charge on any atom is 0.0977 e. The van der Waals surface area contributed by atoms with Crippen molar-refractivity contribution in [1.82, 2.24) is 4.90 Å². The first-order chi connectivity index (χ1) is 8.17. The lowest BCUT2D eigenvalue weighted by Crippen LogP contribution is -2.56. The average molecular weight is 232 g/mol. The number of para-hydroxylation sites is 1. The van der Waals surface area contributed by atoms with Gasteiger partial charge in [-0.3, -0.25) is 0 Å². The molecule has 2 unspecified atom stereocenters. The van der Waals surface area contributed by atoms with Gasteiger partial charge in [-0.1, -0.05) is 18.2 Å². The van der Waals surface area contributed by atoms with Crippen LogP contribution in [0.2, 0.25) is 0 Å². The van der Waals surface area contributed by atoms with Gasteiger partial charge in [-0.25, -0.2) is 0 Å². The topological polar surface area (TPSA) is 35.5 Å². The molecule has 0 saturated carbocycles. The molecule has 0 amide bonds. The second-order valence-corrected chi connectivity index (χ2v) is 5.50. The zero-order valence-electron chi connectivity index (χ0n) is 10.3. The Morgan fingerprint density at radius 2 is 2.24 bits per heavy atom. The van der Waals surface area contributed by atoms with Crippen LogP contribution in [0.15, 0.2) is 24.3 Å². The zero-order chi connectivity index (χ0) is 11.9. The van der Waals surface area contributed by atoms with Gasteiger partial charge in [0.25, 0.3) is 0 Å². The van der Waals surface area contributed by atoms with E-state index in [9.17, 15) is 5.11 Å². The summed E-state index contributed by atoms with van der Waals surface area (Å²) in [4.78, 5) is 2.23. The molecule has 2 atom stereocenters. The number of piperidine rings is 1. The Bertz CT molecular complexity index is 395. The first-order valence-electron chi connectivity index (χ1n) is 6.43. The first kappa shape index (κ1) is 11.1. The molecule has 2 aliphatic rings. The second kappa shape index (κ2) is 4.00. The van der Waals surface area contributed by atoms with Gasteiger partial charge in [0, 0.05) is 12.2 Å². The number of aliphatic hydroxyl groups is 1. The van der Waals surface area contributed by atoms with Crippen LogP contribution in [0.25, 0.3) is 0 Å². The summed E-state index contributed by atoms with van der Waals surface area (Å²) in [5, 5.41) is 14.3. The molecule has 1 aromatic rings. The van der Waals surface area contributed by atoms with Crippen LogP contribution >= 0.6 is 0 Å². The first-order valence-corrected chi connectivity index (χ1v) is 6.43. The number of nitrogens with one attached hydrogen (secondary N) is 1. The van der Waals surface area contributed by atoms with Gasteiger partial charge in [-0.05, 0) is 44.5 Å². The van der Waals surface area contributed by atoms with Crippen molar-refractivity contribution in [3.8, 4) is 0 Å². The van der Waals surface area contributed by atoms with E-state index < -0.39 is 5.60 Å². The summed E-state index contributed by atoms with van der Waals surface area (Å²) in [5.74, 6) is 0.